The molecule has 0 fully saturated rings. The second-order valence-electron chi connectivity index (χ2n) is 12.7. The van der Waals surface area contributed by atoms with Crippen molar-refractivity contribution in [3.05, 3.63) is 35.4 Å². The van der Waals surface area contributed by atoms with Crippen molar-refractivity contribution in [3.8, 4) is 0 Å². The number of unbranched alkanes of at least 4 members (excludes halogenated alkanes) is 14. The lowest BCUT2D eigenvalue weighted by molar-refractivity contribution is -0.890. The van der Waals surface area contributed by atoms with Gasteiger partial charge in [0.25, 0.3) is 0 Å². The van der Waals surface area contributed by atoms with Crippen molar-refractivity contribution in [1.82, 2.24) is 0 Å². The molecule has 1 atom stereocenters. The van der Waals surface area contributed by atoms with Crippen LogP contribution in [0.3, 0.4) is 0 Å². The third-order valence-electron chi connectivity index (χ3n) is 7.73. The van der Waals surface area contributed by atoms with Gasteiger partial charge < -0.3 is 9.59 Å². The molecule has 0 aliphatic carbocycles. The predicted molar refractivity (Wildman–Crippen MR) is 168 cm³/mol. The Hall–Kier alpha value is -1.35. The first-order chi connectivity index (χ1) is 18.1. The summed E-state index contributed by atoms with van der Waals surface area (Å²) >= 11 is 0. The normalized spacial score (nSPS) is 12.3. The number of hydrogen-bond donors (Lipinski definition) is 1. The van der Waals surface area contributed by atoms with E-state index >= 15 is 0 Å². The molecular formula is C35H66NO2+. The number of benzene rings is 1. The van der Waals surface area contributed by atoms with Crippen LogP contribution in [0.5, 0.6) is 0 Å². The van der Waals surface area contributed by atoms with Crippen LogP contribution in [0.25, 0.3) is 0 Å². The monoisotopic (exact) mass is 533 g/mol. The molecule has 0 bridgehead atoms. The SMILES string of the molecule is CC(C)Cc1ccc(C(C)C(=O)O)cc1.CCCCCCCCCC[N+](C)(C)CCCCCCCCCC. The van der Waals surface area contributed by atoms with Gasteiger partial charge in [0, 0.05) is 0 Å². The van der Waals surface area contributed by atoms with Gasteiger partial charge in [-0.3, -0.25) is 4.79 Å². The molecule has 1 unspecified atom stereocenters. The average Bonchev–Trinajstić information content (AvgIpc) is 2.87. The zero-order valence-corrected chi connectivity index (χ0v) is 26.7. The van der Waals surface area contributed by atoms with Crippen LogP contribution in [-0.4, -0.2) is 42.7 Å². The molecule has 0 amide bonds. The highest BCUT2D eigenvalue weighted by Gasteiger charge is 2.14. The number of aliphatic carboxylic acids is 1. The highest BCUT2D eigenvalue weighted by molar-refractivity contribution is 5.75. The van der Waals surface area contributed by atoms with Crippen molar-refractivity contribution in [3.63, 3.8) is 0 Å². The Balaban J connectivity index is 0.000000784. The van der Waals surface area contributed by atoms with Gasteiger partial charge in [-0.25, -0.2) is 0 Å². The highest BCUT2D eigenvalue weighted by Crippen LogP contribution is 2.17. The number of nitrogens with zero attached hydrogens (tertiary/aromatic N) is 1. The summed E-state index contributed by atoms with van der Waals surface area (Å²) in [6.07, 6.45) is 24.1. The Morgan fingerprint density at radius 1 is 0.658 bits per heavy atom. The van der Waals surface area contributed by atoms with E-state index in [1.165, 1.54) is 126 Å². The maximum Gasteiger partial charge on any atom is 0.310 e. The summed E-state index contributed by atoms with van der Waals surface area (Å²) in [7, 11) is 4.87. The van der Waals surface area contributed by atoms with E-state index in [-0.39, 0.29) is 0 Å². The lowest BCUT2D eigenvalue weighted by Crippen LogP contribution is -2.41. The second-order valence-corrected chi connectivity index (χ2v) is 12.7. The third-order valence-corrected chi connectivity index (χ3v) is 7.73. The lowest BCUT2D eigenvalue weighted by atomic mass is 9.97. The van der Waals surface area contributed by atoms with Gasteiger partial charge in [-0.15, -0.1) is 0 Å². The smallest absolute Gasteiger partial charge is 0.310 e. The third kappa shape index (κ3) is 21.6. The summed E-state index contributed by atoms with van der Waals surface area (Å²) in [5, 5.41) is 8.85. The van der Waals surface area contributed by atoms with Crippen molar-refractivity contribution >= 4 is 5.97 Å². The topological polar surface area (TPSA) is 37.3 Å². The first kappa shape index (κ1) is 36.6. The molecule has 0 heterocycles. The number of hydrogen-bond acceptors (Lipinski definition) is 1. The van der Waals surface area contributed by atoms with Crippen molar-refractivity contribution in [2.45, 2.75) is 150 Å². The zero-order valence-electron chi connectivity index (χ0n) is 26.7. The standard InChI is InChI=1S/C22H48N.C13H18O2/c1-5-7-9-11-13-15-17-19-21-23(3,4)22-20-18-16-14-12-10-8-6-2;1-9(2)8-11-4-6-12(7-5-11)10(3)13(14)15/h5-22H2,1-4H3;4-7,9-10H,8H2,1-3H3,(H,14,15)/q+1;. The molecule has 222 valence electrons. The summed E-state index contributed by atoms with van der Waals surface area (Å²) < 4.78 is 1.24. The van der Waals surface area contributed by atoms with E-state index in [0.717, 1.165) is 12.0 Å². The van der Waals surface area contributed by atoms with Gasteiger partial charge in [0.15, 0.2) is 0 Å². The first-order valence-electron chi connectivity index (χ1n) is 16.3. The minimum absolute atomic E-state index is 0.418. The fraction of sp³-hybridized carbons (Fsp3) is 0.800. The van der Waals surface area contributed by atoms with E-state index in [4.69, 9.17) is 5.11 Å². The van der Waals surface area contributed by atoms with Crippen LogP contribution >= 0.6 is 0 Å². The maximum absolute atomic E-state index is 10.8. The summed E-state index contributed by atoms with van der Waals surface area (Å²) in [5.74, 6) is -0.558. The molecule has 1 rings (SSSR count). The zero-order chi connectivity index (χ0) is 28.7. The highest BCUT2D eigenvalue weighted by atomic mass is 16.4. The number of carboxylic acid groups (broad SMARTS) is 1. The van der Waals surface area contributed by atoms with E-state index in [1.54, 1.807) is 6.92 Å². The summed E-state index contributed by atoms with van der Waals surface area (Å²) in [6, 6.07) is 7.87. The Labute approximate surface area is 238 Å². The Kier molecular flexibility index (Phi) is 22.7. The molecule has 38 heavy (non-hydrogen) atoms. The molecule has 0 radical (unpaired) electrons. The fourth-order valence-electron chi connectivity index (χ4n) is 5.02. The van der Waals surface area contributed by atoms with Gasteiger partial charge >= 0.3 is 5.97 Å². The van der Waals surface area contributed by atoms with Crippen LogP contribution < -0.4 is 0 Å². The molecule has 0 aromatic heterocycles. The van der Waals surface area contributed by atoms with Gasteiger partial charge in [0.2, 0.25) is 0 Å². The van der Waals surface area contributed by atoms with Crippen LogP contribution in [0.15, 0.2) is 24.3 Å². The number of quaternary nitrogens is 1. The molecule has 0 aliphatic rings. The first-order valence-corrected chi connectivity index (χ1v) is 16.3. The Morgan fingerprint density at radius 3 is 1.37 bits per heavy atom. The molecule has 1 N–H and O–H groups in total. The van der Waals surface area contributed by atoms with Gasteiger partial charge in [-0.1, -0.05) is 129 Å². The van der Waals surface area contributed by atoms with E-state index in [2.05, 4.69) is 41.8 Å². The van der Waals surface area contributed by atoms with Crippen LogP contribution in [-0.2, 0) is 11.2 Å². The number of rotatable bonds is 22. The quantitative estimate of drug-likeness (QED) is 0.119. The van der Waals surface area contributed by atoms with Gasteiger partial charge in [-0.05, 0) is 56.1 Å². The fourth-order valence-corrected chi connectivity index (χ4v) is 5.02. The van der Waals surface area contributed by atoms with Gasteiger partial charge in [-0.2, -0.15) is 0 Å². The number of carboxylic acids is 1. The van der Waals surface area contributed by atoms with E-state index in [1.807, 2.05) is 24.3 Å². The minimum Gasteiger partial charge on any atom is -0.481 e. The summed E-state index contributed by atoms with van der Waals surface area (Å²) in [4.78, 5) is 10.8. The molecule has 3 nitrogen and oxygen atoms in total. The molecule has 0 spiro atoms. The molecular weight excluding hydrogens is 466 g/mol. The molecule has 0 saturated carbocycles. The summed E-state index contributed by atoms with van der Waals surface area (Å²) in [5.41, 5.74) is 2.14. The second kappa shape index (κ2) is 23.5. The van der Waals surface area contributed by atoms with E-state index < -0.39 is 11.9 Å². The van der Waals surface area contributed by atoms with Crippen LogP contribution in [0.1, 0.15) is 154 Å². The largest absolute Gasteiger partial charge is 0.481 e. The van der Waals surface area contributed by atoms with Gasteiger partial charge in [0.05, 0.1) is 33.1 Å². The average molecular weight is 533 g/mol. The number of carbonyl (C=O) groups is 1. The van der Waals surface area contributed by atoms with Crippen LogP contribution in [0.2, 0.25) is 0 Å². The molecule has 3 heteroatoms. The Morgan fingerprint density at radius 2 is 1.03 bits per heavy atom. The Bertz CT molecular complexity index is 643. The van der Waals surface area contributed by atoms with Crippen molar-refractivity contribution < 1.29 is 14.4 Å². The minimum atomic E-state index is -0.772. The van der Waals surface area contributed by atoms with Crippen LogP contribution in [0, 0.1) is 5.92 Å². The predicted octanol–water partition coefficient (Wildman–Crippen LogP) is 10.4. The van der Waals surface area contributed by atoms with E-state index in [9.17, 15) is 4.79 Å². The van der Waals surface area contributed by atoms with Gasteiger partial charge in [0.1, 0.15) is 0 Å². The van der Waals surface area contributed by atoms with Crippen LogP contribution in [0.4, 0.5) is 0 Å². The van der Waals surface area contributed by atoms with E-state index in [0.29, 0.717) is 5.92 Å². The van der Waals surface area contributed by atoms with Crippen molar-refractivity contribution in [1.29, 1.82) is 0 Å². The van der Waals surface area contributed by atoms with Crippen molar-refractivity contribution in [2.24, 2.45) is 5.92 Å². The molecule has 0 aliphatic heterocycles. The van der Waals surface area contributed by atoms with Crippen molar-refractivity contribution in [2.75, 3.05) is 27.2 Å². The lowest BCUT2D eigenvalue weighted by Gasteiger charge is -2.30. The molecule has 0 saturated heterocycles. The summed E-state index contributed by atoms with van der Waals surface area (Å²) in [6.45, 7) is 13.4. The molecule has 1 aromatic carbocycles. The maximum atomic E-state index is 10.8. The molecule has 1 aromatic rings.